The topological polar surface area (TPSA) is 72.8 Å². The van der Waals surface area contributed by atoms with Crippen LogP contribution in [0.5, 0.6) is 11.5 Å². The van der Waals surface area contributed by atoms with Crippen molar-refractivity contribution in [2.75, 3.05) is 13.3 Å². The van der Waals surface area contributed by atoms with Gasteiger partial charge in [-0.2, -0.15) is 0 Å². The predicted molar refractivity (Wildman–Crippen MR) is 112 cm³/mol. The summed E-state index contributed by atoms with van der Waals surface area (Å²) in [6.45, 7) is 7.96. The monoisotopic (exact) mass is 409 g/mol. The van der Waals surface area contributed by atoms with Crippen LogP contribution in [0, 0.1) is 13.8 Å². The van der Waals surface area contributed by atoms with Crippen LogP contribution < -0.4 is 14.8 Å². The lowest BCUT2D eigenvalue weighted by molar-refractivity contribution is -0.128. The van der Waals surface area contributed by atoms with Gasteiger partial charge in [0.05, 0.1) is 0 Å². The fourth-order valence-electron chi connectivity index (χ4n) is 3.50. The number of amides is 2. The van der Waals surface area contributed by atoms with Crippen LogP contribution >= 0.6 is 12.2 Å². The smallest absolute Gasteiger partial charge is 0.265 e. The van der Waals surface area contributed by atoms with Gasteiger partial charge in [0.15, 0.2) is 16.6 Å². The van der Waals surface area contributed by atoms with E-state index < -0.39 is 11.8 Å². The molecule has 0 spiro atoms. The molecule has 0 saturated carbocycles. The van der Waals surface area contributed by atoms with Crippen molar-refractivity contribution in [3.63, 3.8) is 0 Å². The van der Waals surface area contributed by atoms with Crippen LogP contribution in [-0.2, 0) is 9.59 Å². The number of rotatable bonds is 4. The average Bonchev–Trinajstić information content (AvgIpc) is 3.25. The van der Waals surface area contributed by atoms with Gasteiger partial charge in [-0.15, -0.1) is 6.58 Å². The van der Waals surface area contributed by atoms with E-state index in [4.69, 9.17) is 21.7 Å². The van der Waals surface area contributed by atoms with Gasteiger partial charge in [0.1, 0.15) is 5.57 Å². The molecule has 1 aromatic heterocycles. The minimum atomic E-state index is -0.506. The van der Waals surface area contributed by atoms with Gasteiger partial charge in [-0.3, -0.25) is 19.8 Å². The zero-order chi connectivity index (χ0) is 20.7. The molecular weight excluding hydrogens is 390 g/mol. The summed E-state index contributed by atoms with van der Waals surface area (Å²) in [6.07, 6.45) is 3.16. The number of carbonyl (C=O) groups excluding carboxylic acids is 2. The quantitative estimate of drug-likeness (QED) is 0.364. The van der Waals surface area contributed by atoms with Gasteiger partial charge in [0, 0.05) is 29.7 Å². The van der Waals surface area contributed by atoms with Crippen LogP contribution in [0.15, 0.2) is 42.5 Å². The first-order chi connectivity index (χ1) is 13.9. The van der Waals surface area contributed by atoms with Crippen LogP contribution in [0.4, 0.5) is 0 Å². The fraction of sp³-hybridized carbons (Fsp3) is 0.190. The Morgan fingerprint density at radius 1 is 1.21 bits per heavy atom. The Labute approximate surface area is 173 Å². The minimum absolute atomic E-state index is 0.0337. The van der Waals surface area contributed by atoms with E-state index in [1.807, 2.05) is 42.7 Å². The number of aromatic nitrogens is 1. The van der Waals surface area contributed by atoms with Gasteiger partial charge in [-0.25, -0.2) is 0 Å². The summed E-state index contributed by atoms with van der Waals surface area (Å²) < 4.78 is 12.9. The van der Waals surface area contributed by atoms with Gasteiger partial charge in [-0.05, 0) is 55.9 Å². The highest BCUT2D eigenvalue weighted by Crippen LogP contribution is 2.35. The van der Waals surface area contributed by atoms with Crippen molar-refractivity contribution in [3.05, 3.63) is 59.4 Å². The molecule has 0 atom stereocenters. The molecule has 7 nitrogen and oxygen atoms in total. The first-order valence-corrected chi connectivity index (χ1v) is 9.40. The Morgan fingerprint density at radius 3 is 2.72 bits per heavy atom. The maximum atomic E-state index is 12.8. The second kappa shape index (κ2) is 7.21. The number of nitrogens with zero attached hydrogens (tertiary/aromatic N) is 2. The molecule has 2 aliphatic rings. The molecule has 0 aliphatic carbocycles. The Morgan fingerprint density at radius 2 is 1.97 bits per heavy atom. The molecule has 2 aromatic rings. The van der Waals surface area contributed by atoms with Crippen LogP contribution in [0.1, 0.15) is 17.0 Å². The summed E-state index contributed by atoms with van der Waals surface area (Å²) in [5.74, 6) is 0.450. The molecular formula is C21H19N3O4S. The van der Waals surface area contributed by atoms with Crippen molar-refractivity contribution in [2.45, 2.75) is 13.8 Å². The van der Waals surface area contributed by atoms with Gasteiger partial charge >= 0.3 is 0 Å². The van der Waals surface area contributed by atoms with Gasteiger partial charge in [-0.1, -0.05) is 6.08 Å². The van der Waals surface area contributed by atoms with Crippen LogP contribution in [-0.4, -0.2) is 39.7 Å². The first kappa shape index (κ1) is 18.9. The second-order valence-electron chi connectivity index (χ2n) is 6.72. The van der Waals surface area contributed by atoms with E-state index in [1.54, 1.807) is 12.2 Å². The SMILES string of the molecule is C=CCN1C(=O)/C(=C/c2cc(C)n(-c3ccc4c(c3)OCO4)c2C)C(=O)NC1=S. The fourth-order valence-corrected chi connectivity index (χ4v) is 3.75. The number of hydrogen-bond acceptors (Lipinski definition) is 5. The van der Waals surface area contributed by atoms with Gasteiger partial charge in [0.25, 0.3) is 11.8 Å². The molecule has 4 rings (SSSR count). The molecule has 148 valence electrons. The maximum Gasteiger partial charge on any atom is 0.265 e. The van der Waals surface area contributed by atoms with E-state index in [0.717, 1.165) is 22.6 Å². The number of aryl methyl sites for hydroxylation is 1. The standard InChI is InChI=1S/C21H19N3O4S/c1-4-7-23-20(26)16(19(25)22-21(23)29)9-14-8-12(2)24(13(14)3)15-5-6-17-18(10-15)28-11-27-17/h4-6,8-10H,1,7,11H2,2-3H3,(H,22,25,29)/b16-9+. The Hall–Kier alpha value is -3.39. The number of hydrogen-bond donors (Lipinski definition) is 1. The molecule has 1 fully saturated rings. The lowest BCUT2D eigenvalue weighted by Crippen LogP contribution is -2.53. The summed E-state index contributed by atoms with van der Waals surface area (Å²) in [6, 6.07) is 7.63. The summed E-state index contributed by atoms with van der Waals surface area (Å²) in [4.78, 5) is 26.5. The van der Waals surface area contributed by atoms with Crippen molar-refractivity contribution in [1.82, 2.24) is 14.8 Å². The van der Waals surface area contributed by atoms with E-state index in [1.165, 1.54) is 4.90 Å². The van der Waals surface area contributed by atoms with Crippen LogP contribution in [0.25, 0.3) is 11.8 Å². The van der Waals surface area contributed by atoms with E-state index in [9.17, 15) is 9.59 Å². The zero-order valence-electron chi connectivity index (χ0n) is 16.0. The third-order valence-corrected chi connectivity index (χ3v) is 5.20. The average molecular weight is 409 g/mol. The number of thiocarbonyl (C=S) groups is 1. The largest absolute Gasteiger partial charge is 0.454 e. The second-order valence-corrected chi connectivity index (χ2v) is 7.11. The lowest BCUT2D eigenvalue weighted by Gasteiger charge is -2.27. The first-order valence-electron chi connectivity index (χ1n) is 8.99. The van der Waals surface area contributed by atoms with Gasteiger partial charge in [0.2, 0.25) is 6.79 Å². The molecule has 1 N–H and O–H groups in total. The third kappa shape index (κ3) is 3.21. The zero-order valence-corrected chi connectivity index (χ0v) is 16.8. The summed E-state index contributed by atoms with van der Waals surface area (Å²) in [5.41, 5.74) is 3.55. The van der Waals surface area contributed by atoms with Crippen molar-refractivity contribution < 1.29 is 19.1 Å². The molecule has 2 amide bonds. The van der Waals surface area contributed by atoms with Crippen LogP contribution in [0.2, 0.25) is 0 Å². The molecule has 1 aromatic carbocycles. The molecule has 0 unspecified atom stereocenters. The molecule has 0 radical (unpaired) electrons. The highest BCUT2D eigenvalue weighted by Gasteiger charge is 2.33. The molecule has 0 bridgehead atoms. The van der Waals surface area contributed by atoms with Crippen molar-refractivity contribution in [2.24, 2.45) is 0 Å². The molecule has 3 heterocycles. The van der Waals surface area contributed by atoms with E-state index >= 15 is 0 Å². The predicted octanol–water partition coefficient (Wildman–Crippen LogP) is 2.64. The lowest BCUT2D eigenvalue weighted by atomic mass is 10.1. The Balaban J connectivity index is 1.74. The van der Waals surface area contributed by atoms with Crippen molar-refractivity contribution in [1.29, 1.82) is 0 Å². The van der Waals surface area contributed by atoms with Crippen molar-refractivity contribution >= 4 is 35.2 Å². The highest BCUT2D eigenvalue weighted by atomic mass is 32.1. The number of nitrogens with one attached hydrogen (secondary N) is 1. The Bertz CT molecular complexity index is 1100. The third-order valence-electron chi connectivity index (χ3n) is 4.88. The molecule has 29 heavy (non-hydrogen) atoms. The van der Waals surface area contributed by atoms with Crippen LogP contribution in [0.3, 0.4) is 0 Å². The maximum absolute atomic E-state index is 12.8. The van der Waals surface area contributed by atoms with Crippen molar-refractivity contribution in [3.8, 4) is 17.2 Å². The van der Waals surface area contributed by atoms with E-state index in [-0.39, 0.29) is 24.0 Å². The highest BCUT2D eigenvalue weighted by molar-refractivity contribution is 7.80. The number of carbonyl (C=O) groups is 2. The molecule has 1 saturated heterocycles. The number of ether oxygens (including phenoxy) is 2. The normalized spacial score (nSPS) is 17.1. The number of benzene rings is 1. The van der Waals surface area contributed by atoms with E-state index in [2.05, 4.69) is 11.9 Å². The summed E-state index contributed by atoms with van der Waals surface area (Å²) in [5, 5.41) is 2.65. The molecule has 2 aliphatic heterocycles. The summed E-state index contributed by atoms with van der Waals surface area (Å²) >= 11 is 5.09. The Kier molecular flexibility index (Phi) is 4.71. The minimum Gasteiger partial charge on any atom is -0.454 e. The molecule has 8 heteroatoms. The summed E-state index contributed by atoms with van der Waals surface area (Å²) in [7, 11) is 0. The number of fused-ring (bicyclic) bond motifs is 1. The van der Waals surface area contributed by atoms with Gasteiger partial charge < -0.3 is 14.0 Å². The van der Waals surface area contributed by atoms with E-state index in [0.29, 0.717) is 11.5 Å².